The van der Waals surface area contributed by atoms with Crippen molar-refractivity contribution < 1.29 is 5.11 Å². The van der Waals surface area contributed by atoms with Gasteiger partial charge in [0.2, 0.25) is 0 Å². The molecular weight excluding hydrogens is 162 g/mol. The molecular formula is C11H11NO. The lowest BCUT2D eigenvalue weighted by Gasteiger charge is -2.03. The Labute approximate surface area is 77.6 Å². The van der Waals surface area contributed by atoms with Crippen LogP contribution in [0.3, 0.4) is 0 Å². The summed E-state index contributed by atoms with van der Waals surface area (Å²) in [5, 5.41) is 8.99. The van der Waals surface area contributed by atoms with Crippen molar-refractivity contribution in [3.8, 4) is 0 Å². The maximum atomic E-state index is 8.99. The van der Waals surface area contributed by atoms with Crippen molar-refractivity contribution in [2.75, 3.05) is 6.61 Å². The molecule has 2 unspecified atom stereocenters. The second-order valence-corrected chi connectivity index (χ2v) is 3.49. The molecule has 66 valence electrons. The van der Waals surface area contributed by atoms with Crippen LogP contribution in [0.4, 0.5) is 0 Å². The Bertz CT molecular complexity index is 341. The van der Waals surface area contributed by atoms with Crippen molar-refractivity contribution in [1.82, 2.24) is 0 Å². The van der Waals surface area contributed by atoms with E-state index in [1.807, 2.05) is 30.3 Å². The fourth-order valence-electron chi connectivity index (χ4n) is 1.81. The van der Waals surface area contributed by atoms with E-state index in [1.165, 1.54) is 0 Å². The SMILES string of the molecule is [C-]#[N+]C1(c2ccccc2)CC1CO. The highest BCUT2D eigenvalue weighted by Gasteiger charge is 2.63. The zero-order chi connectivity index (χ0) is 9.31. The van der Waals surface area contributed by atoms with Crippen LogP contribution >= 0.6 is 0 Å². The topological polar surface area (TPSA) is 24.6 Å². The van der Waals surface area contributed by atoms with Gasteiger partial charge in [0, 0.05) is 12.0 Å². The molecule has 2 atom stereocenters. The lowest BCUT2D eigenvalue weighted by Crippen LogP contribution is -2.06. The minimum Gasteiger partial charge on any atom is -0.396 e. The first kappa shape index (κ1) is 8.28. The van der Waals surface area contributed by atoms with Crippen molar-refractivity contribution in [1.29, 1.82) is 0 Å². The van der Waals surface area contributed by atoms with E-state index in [4.69, 9.17) is 11.7 Å². The standard InChI is InChI=1S/C11H11NO/c1-12-11(7-10(11)8-13)9-5-3-2-4-6-9/h2-6,10,13H,7-8H2. The molecule has 13 heavy (non-hydrogen) atoms. The lowest BCUT2D eigenvalue weighted by atomic mass is 10.0. The smallest absolute Gasteiger partial charge is 0.263 e. The molecule has 0 radical (unpaired) electrons. The van der Waals surface area contributed by atoms with E-state index in [0.29, 0.717) is 0 Å². The zero-order valence-electron chi connectivity index (χ0n) is 7.27. The quantitative estimate of drug-likeness (QED) is 0.678. The molecule has 1 N–H and O–H groups in total. The van der Waals surface area contributed by atoms with Crippen LogP contribution < -0.4 is 0 Å². The van der Waals surface area contributed by atoms with E-state index in [1.54, 1.807) is 0 Å². The second-order valence-electron chi connectivity index (χ2n) is 3.49. The van der Waals surface area contributed by atoms with Gasteiger partial charge in [-0.2, -0.15) is 0 Å². The van der Waals surface area contributed by atoms with Gasteiger partial charge in [0.25, 0.3) is 5.54 Å². The van der Waals surface area contributed by atoms with Crippen LogP contribution in [0.15, 0.2) is 30.3 Å². The predicted octanol–water partition coefficient (Wildman–Crippen LogP) is 1.81. The highest BCUT2D eigenvalue weighted by molar-refractivity contribution is 5.36. The highest BCUT2D eigenvalue weighted by Crippen LogP contribution is 2.55. The van der Waals surface area contributed by atoms with Crippen molar-refractivity contribution in [2.45, 2.75) is 12.0 Å². The molecule has 0 spiro atoms. The molecule has 0 aromatic heterocycles. The van der Waals surface area contributed by atoms with Crippen LogP contribution in [0, 0.1) is 12.5 Å². The first-order chi connectivity index (χ1) is 6.33. The number of benzene rings is 1. The van der Waals surface area contributed by atoms with Crippen molar-refractivity contribution >= 4 is 0 Å². The normalized spacial score (nSPS) is 30.9. The molecule has 2 rings (SSSR count). The van der Waals surface area contributed by atoms with Crippen molar-refractivity contribution in [3.63, 3.8) is 0 Å². The maximum Gasteiger partial charge on any atom is 0.263 e. The molecule has 0 heterocycles. The van der Waals surface area contributed by atoms with Crippen molar-refractivity contribution in [2.24, 2.45) is 5.92 Å². The van der Waals surface area contributed by atoms with Crippen LogP contribution in [-0.2, 0) is 5.54 Å². The molecule has 0 saturated heterocycles. The van der Waals surface area contributed by atoms with Gasteiger partial charge in [0.15, 0.2) is 0 Å². The number of rotatable bonds is 2. The third kappa shape index (κ3) is 1.13. The van der Waals surface area contributed by atoms with Crippen LogP contribution in [0.2, 0.25) is 0 Å². The Balaban J connectivity index is 2.32. The molecule has 1 saturated carbocycles. The minimum atomic E-state index is -0.407. The summed E-state index contributed by atoms with van der Waals surface area (Å²) in [6, 6.07) is 9.75. The fourth-order valence-corrected chi connectivity index (χ4v) is 1.81. The van der Waals surface area contributed by atoms with Gasteiger partial charge in [-0.1, -0.05) is 30.3 Å². The van der Waals surface area contributed by atoms with E-state index in [9.17, 15) is 0 Å². The van der Waals surface area contributed by atoms with E-state index in [2.05, 4.69) is 4.85 Å². The molecule has 0 aliphatic heterocycles. The monoisotopic (exact) mass is 173 g/mol. The largest absolute Gasteiger partial charge is 0.396 e. The Morgan fingerprint density at radius 1 is 1.46 bits per heavy atom. The molecule has 0 bridgehead atoms. The van der Waals surface area contributed by atoms with Gasteiger partial charge >= 0.3 is 0 Å². The van der Waals surface area contributed by atoms with Crippen LogP contribution in [0.25, 0.3) is 4.85 Å². The summed E-state index contributed by atoms with van der Waals surface area (Å²) < 4.78 is 0. The minimum absolute atomic E-state index is 0.122. The molecule has 1 aromatic rings. The first-order valence-corrected chi connectivity index (χ1v) is 4.38. The predicted molar refractivity (Wildman–Crippen MR) is 49.9 cm³/mol. The number of aliphatic hydroxyl groups excluding tert-OH is 1. The van der Waals surface area contributed by atoms with Gasteiger partial charge < -0.3 is 9.95 Å². The van der Waals surface area contributed by atoms with Gasteiger partial charge in [0.1, 0.15) is 0 Å². The summed E-state index contributed by atoms with van der Waals surface area (Å²) in [5.41, 5.74) is 0.639. The van der Waals surface area contributed by atoms with Gasteiger partial charge in [-0.3, -0.25) is 0 Å². The molecule has 1 fully saturated rings. The van der Waals surface area contributed by atoms with Crippen LogP contribution in [0.5, 0.6) is 0 Å². The van der Waals surface area contributed by atoms with E-state index in [-0.39, 0.29) is 12.5 Å². The van der Waals surface area contributed by atoms with Gasteiger partial charge in [-0.15, -0.1) is 0 Å². The number of nitrogens with zero attached hydrogens (tertiary/aromatic N) is 1. The van der Waals surface area contributed by atoms with E-state index < -0.39 is 5.54 Å². The summed E-state index contributed by atoms with van der Waals surface area (Å²) in [5.74, 6) is 0.146. The Morgan fingerprint density at radius 2 is 2.15 bits per heavy atom. The maximum absolute atomic E-state index is 8.99. The number of hydrogen-bond donors (Lipinski definition) is 1. The highest BCUT2D eigenvalue weighted by atomic mass is 16.3. The molecule has 2 nitrogen and oxygen atoms in total. The van der Waals surface area contributed by atoms with Gasteiger partial charge in [-0.25, -0.2) is 6.57 Å². The Morgan fingerprint density at radius 3 is 2.62 bits per heavy atom. The van der Waals surface area contributed by atoms with Crippen LogP contribution in [-0.4, -0.2) is 11.7 Å². The molecule has 1 aromatic carbocycles. The molecule has 1 aliphatic rings. The molecule has 1 aliphatic carbocycles. The van der Waals surface area contributed by atoms with Gasteiger partial charge in [-0.05, 0) is 0 Å². The first-order valence-electron chi connectivity index (χ1n) is 4.38. The lowest BCUT2D eigenvalue weighted by molar-refractivity contribution is 0.268. The number of hydrogen-bond acceptors (Lipinski definition) is 1. The summed E-state index contributed by atoms with van der Waals surface area (Å²) in [4.78, 5) is 3.64. The third-order valence-electron chi connectivity index (χ3n) is 2.77. The summed E-state index contributed by atoms with van der Waals surface area (Å²) in [6.07, 6.45) is 0.803. The average molecular weight is 173 g/mol. The summed E-state index contributed by atoms with van der Waals surface area (Å²) >= 11 is 0. The molecule has 2 heteroatoms. The summed E-state index contributed by atoms with van der Waals surface area (Å²) in [6.45, 7) is 7.28. The zero-order valence-corrected chi connectivity index (χ0v) is 7.27. The van der Waals surface area contributed by atoms with E-state index >= 15 is 0 Å². The van der Waals surface area contributed by atoms with Crippen molar-refractivity contribution in [3.05, 3.63) is 47.3 Å². The second kappa shape index (κ2) is 2.86. The van der Waals surface area contributed by atoms with Gasteiger partial charge in [0.05, 0.1) is 12.5 Å². The third-order valence-corrected chi connectivity index (χ3v) is 2.77. The Kier molecular flexibility index (Phi) is 1.82. The fraction of sp³-hybridized carbons (Fsp3) is 0.364. The van der Waals surface area contributed by atoms with Crippen LogP contribution in [0.1, 0.15) is 12.0 Å². The van der Waals surface area contributed by atoms with E-state index in [0.717, 1.165) is 12.0 Å². The number of aliphatic hydroxyl groups is 1. The Hall–Kier alpha value is -1.33. The average Bonchev–Trinajstić information content (AvgIpc) is 2.94. The summed E-state index contributed by atoms with van der Waals surface area (Å²) in [7, 11) is 0. The molecule has 0 amide bonds.